The number of para-hydroxylation sites is 1. The second-order valence-corrected chi connectivity index (χ2v) is 6.71. The molecule has 0 bridgehead atoms. The van der Waals surface area contributed by atoms with E-state index in [1.807, 2.05) is 61.5 Å². The molecular weight excluding hydrogens is 388 g/mol. The second-order valence-electron chi connectivity index (χ2n) is 6.30. The summed E-state index contributed by atoms with van der Waals surface area (Å²) < 4.78 is 11.3. The third kappa shape index (κ3) is 6.36. The summed E-state index contributed by atoms with van der Waals surface area (Å²) in [7, 11) is 0. The number of amides is 1. The Hall–Kier alpha value is -3.31. The first-order chi connectivity index (χ1) is 14.1. The fourth-order valence-electron chi connectivity index (χ4n) is 2.52. The van der Waals surface area contributed by atoms with E-state index in [2.05, 4.69) is 10.5 Å². The first kappa shape index (κ1) is 20.4. The summed E-state index contributed by atoms with van der Waals surface area (Å²) in [6.07, 6.45) is 1.55. The average molecular weight is 409 g/mol. The van der Waals surface area contributed by atoms with Gasteiger partial charge in [0.1, 0.15) is 18.1 Å². The Morgan fingerprint density at radius 1 is 1.03 bits per heavy atom. The molecule has 3 aromatic carbocycles. The van der Waals surface area contributed by atoms with Crippen molar-refractivity contribution >= 4 is 23.7 Å². The zero-order valence-electron chi connectivity index (χ0n) is 16.0. The number of halogens is 1. The maximum atomic E-state index is 11.9. The van der Waals surface area contributed by atoms with Crippen LogP contribution in [-0.2, 0) is 11.4 Å². The average Bonchev–Trinajstić information content (AvgIpc) is 2.74. The number of benzene rings is 3. The molecule has 0 aliphatic heterocycles. The Bertz CT molecular complexity index is 990. The number of carbonyl (C=O) groups is 1. The summed E-state index contributed by atoms with van der Waals surface area (Å²) in [4.78, 5) is 11.9. The quantitative estimate of drug-likeness (QED) is 0.432. The van der Waals surface area contributed by atoms with E-state index in [4.69, 9.17) is 21.1 Å². The zero-order valence-corrected chi connectivity index (χ0v) is 16.7. The van der Waals surface area contributed by atoms with E-state index in [1.54, 1.807) is 24.4 Å². The number of carbonyl (C=O) groups excluding carboxylic acids is 1. The van der Waals surface area contributed by atoms with Gasteiger partial charge in [0, 0.05) is 10.6 Å². The van der Waals surface area contributed by atoms with E-state index in [9.17, 15) is 4.79 Å². The minimum absolute atomic E-state index is 0.148. The number of aryl methyl sites for hydroxylation is 1. The fraction of sp³-hybridized carbons (Fsp3) is 0.130. The molecular formula is C23H21ClN2O3. The van der Waals surface area contributed by atoms with E-state index in [0.717, 1.165) is 16.7 Å². The largest absolute Gasteiger partial charge is 0.488 e. The minimum Gasteiger partial charge on any atom is -0.488 e. The molecule has 0 aliphatic rings. The lowest BCUT2D eigenvalue weighted by molar-refractivity contribution is -0.123. The first-order valence-electron chi connectivity index (χ1n) is 9.08. The maximum Gasteiger partial charge on any atom is 0.277 e. The van der Waals surface area contributed by atoms with Gasteiger partial charge in [-0.3, -0.25) is 4.79 Å². The second kappa shape index (κ2) is 10.3. The van der Waals surface area contributed by atoms with Crippen molar-refractivity contribution < 1.29 is 14.3 Å². The van der Waals surface area contributed by atoms with Gasteiger partial charge in [-0.2, -0.15) is 5.10 Å². The molecule has 0 aromatic heterocycles. The fourth-order valence-corrected chi connectivity index (χ4v) is 2.63. The van der Waals surface area contributed by atoms with Crippen molar-refractivity contribution in [2.45, 2.75) is 13.5 Å². The third-order valence-corrected chi connectivity index (χ3v) is 4.47. The van der Waals surface area contributed by atoms with Gasteiger partial charge in [0.25, 0.3) is 5.91 Å². The van der Waals surface area contributed by atoms with Crippen LogP contribution >= 0.6 is 11.6 Å². The van der Waals surface area contributed by atoms with Crippen molar-refractivity contribution in [3.63, 3.8) is 0 Å². The summed E-state index contributed by atoms with van der Waals surface area (Å²) in [6.45, 7) is 2.17. The standard InChI is InChI=1S/C23H21ClN2O3/c1-17-13-20(11-12-21(17)24)28-16-23(27)26-25-14-19-9-5-6-10-22(19)29-15-18-7-3-2-4-8-18/h2-14H,15-16H2,1H3,(H,26,27). The Morgan fingerprint density at radius 2 is 1.79 bits per heavy atom. The normalized spacial score (nSPS) is 10.7. The number of hydrogen-bond acceptors (Lipinski definition) is 4. The molecule has 0 saturated carbocycles. The lowest BCUT2D eigenvalue weighted by Gasteiger charge is -2.09. The van der Waals surface area contributed by atoms with Crippen molar-refractivity contribution in [1.82, 2.24) is 5.43 Å². The van der Waals surface area contributed by atoms with E-state index in [0.29, 0.717) is 23.1 Å². The van der Waals surface area contributed by atoms with Crippen LogP contribution in [0.2, 0.25) is 5.02 Å². The van der Waals surface area contributed by atoms with Crippen LogP contribution in [0.3, 0.4) is 0 Å². The van der Waals surface area contributed by atoms with Crippen molar-refractivity contribution in [2.24, 2.45) is 5.10 Å². The smallest absolute Gasteiger partial charge is 0.277 e. The number of hydrazone groups is 1. The number of nitrogens with one attached hydrogen (secondary N) is 1. The Balaban J connectivity index is 1.51. The van der Waals surface area contributed by atoms with Crippen LogP contribution in [0.25, 0.3) is 0 Å². The summed E-state index contributed by atoms with van der Waals surface area (Å²) in [5.41, 5.74) is 5.17. The molecule has 5 nitrogen and oxygen atoms in total. The molecule has 0 radical (unpaired) electrons. The molecule has 0 saturated heterocycles. The van der Waals surface area contributed by atoms with Gasteiger partial charge in [0.2, 0.25) is 0 Å². The van der Waals surface area contributed by atoms with Crippen molar-refractivity contribution in [1.29, 1.82) is 0 Å². The third-order valence-electron chi connectivity index (χ3n) is 4.05. The summed E-state index contributed by atoms with van der Waals surface area (Å²) >= 11 is 5.98. The maximum absolute atomic E-state index is 11.9. The molecule has 0 atom stereocenters. The molecule has 0 fully saturated rings. The molecule has 1 N–H and O–H groups in total. The predicted octanol–water partition coefficient (Wildman–Crippen LogP) is 4.76. The van der Waals surface area contributed by atoms with E-state index >= 15 is 0 Å². The highest BCUT2D eigenvalue weighted by atomic mass is 35.5. The molecule has 0 heterocycles. The Labute approximate surface area is 174 Å². The van der Waals surface area contributed by atoms with Crippen LogP contribution in [0.5, 0.6) is 11.5 Å². The van der Waals surface area contributed by atoms with Gasteiger partial charge < -0.3 is 9.47 Å². The Morgan fingerprint density at radius 3 is 2.59 bits per heavy atom. The highest BCUT2D eigenvalue weighted by Gasteiger charge is 2.04. The van der Waals surface area contributed by atoms with Crippen LogP contribution in [0.1, 0.15) is 16.7 Å². The summed E-state index contributed by atoms with van der Waals surface area (Å²) in [5.74, 6) is 0.893. The minimum atomic E-state index is -0.364. The van der Waals surface area contributed by atoms with Crippen LogP contribution in [0.4, 0.5) is 0 Å². The molecule has 0 unspecified atom stereocenters. The molecule has 148 valence electrons. The lowest BCUT2D eigenvalue weighted by atomic mass is 10.2. The van der Waals surface area contributed by atoms with Crippen LogP contribution < -0.4 is 14.9 Å². The van der Waals surface area contributed by atoms with Gasteiger partial charge in [0.05, 0.1) is 6.21 Å². The number of rotatable bonds is 8. The van der Waals surface area contributed by atoms with Crippen molar-refractivity contribution in [3.8, 4) is 11.5 Å². The topological polar surface area (TPSA) is 59.9 Å². The van der Waals surface area contributed by atoms with Gasteiger partial charge in [-0.25, -0.2) is 5.43 Å². The number of nitrogens with zero attached hydrogens (tertiary/aromatic N) is 1. The molecule has 29 heavy (non-hydrogen) atoms. The monoisotopic (exact) mass is 408 g/mol. The van der Waals surface area contributed by atoms with Gasteiger partial charge in [-0.15, -0.1) is 0 Å². The molecule has 3 rings (SSSR count). The molecule has 0 aliphatic carbocycles. The molecule has 1 amide bonds. The van der Waals surface area contributed by atoms with Crippen LogP contribution in [-0.4, -0.2) is 18.7 Å². The van der Waals surface area contributed by atoms with E-state index < -0.39 is 0 Å². The van der Waals surface area contributed by atoms with Gasteiger partial charge in [-0.1, -0.05) is 54.1 Å². The molecule has 3 aromatic rings. The Kier molecular flexibility index (Phi) is 7.25. The lowest BCUT2D eigenvalue weighted by Crippen LogP contribution is -2.24. The highest BCUT2D eigenvalue weighted by Crippen LogP contribution is 2.21. The molecule has 0 spiro atoms. The van der Waals surface area contributed by atoms with Gasteiger partial charge in [-0.05, 0) is 48.4 Å². The highest BCUT2D eigenvalue weighted by molar-refractivity contribution is 6.31. The van der Waals surface area contributed by atoms with Crippen molar-refractivity contribution in [3.05, 3.63) is 94.5 Å². The van der Waals surface area contributed by atoms with E-state index in [-0.39, 0.29) is 12.5 Å². The van der Waals surface area contributed by atoms with Crippen LogP contribution in [0, 0.1) is 6.92 Å². The van der Waals surface area contributed by atoms with Crippen LogP contribution in [0.15, 0.2) is 77.9 Å². The summed E-state index contributed by atoms with van der Waals surface area (Å²) in [6, 6.07) is 22.6. The number of ether oxygens (including phenoxy) is 2. The summed E-state index contributed by atoms with van der Waals surface area (Å²) in [5, 5.41) is 4.65. The SMILES string of the molecule is Cc1cc(OCC(=O)NN=Cc2ccccc2OCc2ccccc2)ccc1Cl. The predicted molar refractivity (Wildman–Crippen MR) is 115 cm³/mol. The zero-order chi connectivity index (χ0) is 20.5. The first-order valence-corrected chi connectivity index (χ1v) is 9.46. The molecule has 6 heteroatoms. The van der Waals surface area contributed by atoms with Gasteiger partial charge >= 0.3 is 0 Å². The van der Waals surface area contributed by atoms with E-state index in [1.165, 1.54) is 0 Å². The van der Waals surface area contributed by atoms with Gasteiger partial charge in [0.15, 0.2) is 6.61 Å². The number of hydrogen-bond donors (Lipinski definition) is 1. The van der Waals surface area contributed by atoms with Crippen molar-refractivity contribution in [2.75, 3.05) is 6.61 Å².